The summed E-state index contributed by atoms with van der Waals surface area (Å²) < 4.78 is 10.6. The van der Waals surface area contributed by atoms with Gasteiger partial charge in [0.1, 0.15) is 18.0 Å². The van der Waals surface area contributed by atoms with E-state index in [2.05, 4.69) is 20.8 Å². The summed E-state index contributed by atoms with van der Waals surface area (Å²) in [6.07, 6.45) is -1.38. The number of aliphatic hydroxyl groups is 1. The summed E-state index contributed by atoms with van der Waals surface area (Å²) in [5.74, 6) is 0.777. The lowest BCUT2D eigenvalue weighted by Crippen LogP contribution is -2.41. The Hall–Kier alpha value is -2.29. The second kappa shape index (κ2) is 8.39. The van der Waals surface area contributed by atoms with E-state index in [4.69, 9.17) is 21.1 Å². The summed E-state index contributed by atoms with van der Waals surface area (Å²) in [4.78, 5) is 12.1. The largest absolute Gasteiger partial charge is 0.497 e. The van der Waals surface area contributed by atoms with Crippen LogP contribution in [0.2, 0.25) is 5.15 Å². The molecule has 1 saturated heterocycles. The van der Waals surface area contributed by atoms with Crippen LogP contribution in [0.4, 0.5) is 4.79 Å². The number of nitrogens with zero attached hydrogens (tertiary/aromatic N) is 1. The minimum Gasteiger partial charge on any atom is -0.497 e. The average Bonchev–Trinajstić information content (AvgIpc) is 3.21. The summed E-state index contributed by atoms with van der Waals surface area (Å²) in [6, 6.07) is 9.08. The third-order valence-corrected chi connectivity index (χ3v) is 4.44. The van der Waals surface area contributed by atoms with E-state index in [1.54, 1.807) is 13.2 Å². The fourth-order valence-corrected chi connectivity index (χ4v) is 3.07. The van der Waals surface area contributed by atoms with E-state index >= 15 is 0 Å². The van der Waals surface area contributed by atoms with Gasteiger partial charge in [-0.3, -0.25) is 5.10 Å². The number of methoxy groups -OCH3 is 1. The zero-order chi connectivity index (χ0) is 18.5. The molecule has 1 fully saturated rings. The Labute approximate surface area is 155 Å². The quantitative estimate of drug-likeness (QED) is 0.600. The van der Waals surface area contributed by atoms with Crippen molar-refractivity contribution in [2.75, 3.05) is 13.7 Å². The minimum absolute atomic E-state index is 0.175. The van der Waals surface area contributed by atoms with Gasteiger partial charge >= 0.3 is 6.09 Å². The number of carbonyl (C=O) groups excluding carboxylic acids is 1. The molecule has 2 aromatic rings. The lowest BCUT2D eigenvalue weighted by atomic mass is 10.0. The third kappa shape index (κ3) is 4.66. The van der Waals surface area contributed by atoms with Crippen LogP contribution in [0.3, 0.4) is 0 Å². The van der Waals surface area contributed by atoms with Gasteiger partial charge in [-0.25, -0.2) is 4.79 Å². The predicted octanol–water partition coefficient (Wildman–Crippen LogP) is 1.24. The first kappa shape index (κ1) is 18.5. The van der Waals surface area contributed by atoms with E-state index in [1.807, 2.05) is 24.3 Å². The number of hydrogen-bond acceptors (Lipinski definition) is 6. The van der Waals surface area contributed by atoms with Gasteiger partial charge in [0.15, 0.2) is 5.15 Å². The van der Waals surface area contributed by atoms with Gasteiger partial charge in [0.2, 0.25) is 0 Å². The molecule has 0 unspecified atom stereocenters. The minimum atomic E-state index is -0.759. The maximum atomic E-state index is 12.1. The Morgan fingerprint density at radius 2 is 2.19 bits per heavy atom. The molecule has 1 aliphatic rings. The van der Waals surface area contributed by atoms with Crippen LogP contribution in [0.1, 0.15) is 11.3 Å². The second-order valence-electron chi connectivity index (χ2n) is 6.07. The highest BCUT2D eigenvalue weighted by molar-refractivity contribution is 6.29. The Kier molecular flexibility index (Phi) is 5.97. The molecule has 3 atom stereocenters. The van der Waals surface area contributed by atoms with Gasteiger partial charge in [-0.1, -0.05) is 23.7 Å². The van der Waals surface area contributed by atoms with Crippen LogP contribution < -0.4 is 15.4 Å². The smallest absolute Gasteiger partial charge is 0.407 e. The number of alkyl carbamates (subject to hydrolysis) is 1. The van der Waals surface area contributed by atoms with Crippen molar-refractivity contribution in [3.8, 4) is 5.75 Å². The Morgan fingerprint density at radius 3 is 2.85 bits per heavy atom. The molecular weight excluding hydrogens is 360 g/mol. The summed E-state index contributed by atoms with van der Waals surface area (Å²) >= 11 is 5.71. The zero-order valence-corrected chi connectivity index (χ0v) is 15.0. The topological polar surface area (TPSA) is 108 Å². The first-order valence-electron chi connectivity index (χ1n) is 8.24. The Morgan fingerprint density at radius 1 is 1.42 bits per heavy atom. The number of halogens is 1. The molecule has 2 heterocycles. The number of H-pyrrole nitrogens is 1. The molecule has 3 rings (SSSR count). The maximum Gasteiger partial charge on any atom is 0.407 e. The van der Waals surface area contributed by atoms with E-state index < -0.39 is 18.3 Å². The molecule has 1 amide bonds. The van der Waals surface area contributed by atoms with Crippen molar-refractivity contribution in [3.63, 3.8) is 0 Å². The first-order chi connectivity index (χ1) is 12.5. The molecule has 8 nitrogen and oxygen atoms in total. The van der Waals surface area contributed by atoms with Crippen LogP contribution in [0.5, 0.6) is 5.75 Å². The molecule has 0 spiro atoms. The van der Waals surface area contributed by atoms with Gasteiger partial charge in [0.05, 0.1) is 25.4 Å². The number of amides is 1. The van der Waals surface area contributed by atoms with Crippen molar-refractivity contribution in [3.05, 3.63) is 46.7 Å². The van der Waals surface area contributed by atoms with Crippen molar-refractivity contribution in [1.29, 1.82) is 0 Å². The SMILES string of the molecule is COc1ccc(C[C@H]2NC[C@H](O)[C@H]2OC(=O)NCc2cc(Cl)n[nH]2)cc1. The van der Waals surface area contributed by atoms with Crippen molar-refractivity contribution >= 4 is 17.7 Å². The van der Waals surface area contributed by atoms with E-state index in [0.717, 1.165) is 11.3 Å². The number of aromatic nitrogens is 2. The first-order valence-corrected chi connectivity index (χ1v) is 8.61. The van der Waals surface area contributed by atoms with Crippen LogP contribution in [-0.4, -0.2) is 53.3 Å². The van der Waals surface area contributed by atoms with Gasteiger partial charge in [-0.05, 0) is 30.2 Å². The molecule has 0 aliphatic carbocycles. The Bertz CT molecular complexity index is 737. The third-order valence-electron chi connectivity index (χ3n) is 4.25. The number of rotatable bonds is 6. The fourth-order valence-electron chi connectivity index (χ4n) is 2.89. The molecule has 0 saturated carbocycles. The van der Waals surface area contributed by atoms with Gasteiger partial charge < -0.3 is 25.2 Å². The number of hydrogen-bond donors (Lipinski definition) is 4. The molecule has 1 aromatic carbocycles. The lowest BCUT2D eigenvalue weighted by Gasteiger charge is -2.22. The van der Waals surface area contributed by atoms with Crippen LogP contribution in [0.15, 0.2) is 30.3 Å². The van der Waals surface area contributed by atoms with Crippen molar-refractivity contribution in [1.82, 2.24) is 20.8 Å². The normalized spacial score (nSPS) is 22.2. The van der Waals surface area contributed by atoms with Gasteiger partial charge in [-0.2, -0.15) is 5.10 Å². The molecule has 0 radical (unpaired) electrons. The summed E-state index contributed by atoms with van der Waals surface area (Å²) in [6.45, 7) is 0.576. The average molecular weight is 381 g/mol. The molecule has 1 aromatic heterocycles. The maximum absolute atomic E-state index is 12.1. The highest BCUT2D eigenvalue weighted by Crippen LogP contribution is 2.19. The molecule has 1 aliphatic heterocycles. The van der Waals surface area contributed by atoms with Crippen molar-refractivity contribution < 1.29 is 19.4 Å². The van der Waals surface area contributed by atoms with Gasteiger partial charge in [-0.15, -0.1) is 0 Å². The number of carbonyl (C=O) groups is 1. The standard InChI is InChI=1S/C17H21ClN4O4/c1-25-12-4-2-10(3-5-12)6-13-16(14(23)9-19-13)26-17(24)20-8-11-7-15(18)22-21-11/h2-5,7,13-14,16,19,23H,6,8-9H2,1H3,(H,20,24)(H,21,22)/t13-,14+,16+/m1/s1. The van der Waals surface area contributed by atoms with E-state index in [9.17, 15) is 9.90 Å². The highest BCUT2D eigenvalue weighted by atomic mass is 35.5. The molecule has 140 valence electrons. The van der Waals surface area contributed by atoms with Crippen LogP contribution in [0, 0.1) is 0 Å². The van der Waals surface area contributed by atoms with Crippen molar-refractivity contribution in [2.45, 2.75) is 31.2 Å². The second-order valence-corrected chi connectivity index (χ2v) is 6.46. The number of aliphatic hydroxyl groups excluding tert-OH is 1. The summed E-state index contributed by atoms with van der Waals surface area (Å²) in [5, 5.41) is 22.7. The van der Waals surface area contributed by atoms with E-state index in [1.165, 1.54) is 0 Å². The molecule has 4 N–H and O–H groups in total. The van der Waals surface area contributed by atoms with Crippen LogP contribution in [0.25, 0.3) is 0 Å². The van der Waals surface area contributed by atoms with E-state index in [0.29, 0.717) is 23.8 Å². The molecule has 9 heteroatoms. The summed E-state index contributed by atoms with van der Waals surface area (Å²) in [5.41, 5.74) is 1.71. The van der Waals surface area contributed by atoms with Crippen LogP contribution in [-0.2, 0) is 17.7 Å². The van der Waals surface area contributed by atoms with E-state index in [-0.39, 0.29) is 12.6 Å². The summed E-state index contributed by atoms with van der Waals surface area (Å²) in [7, 11) is 1.61. The van der Waals surface area contributed by atoms with Gasteiger partial charge in [0.25, 0.3) is 0 Å². The zero-order valence-electron chi connectivity index (χ0n) is 14.2. The Balaban J connectivity index is 1.54. The lowest BCUT2D eigenvalue weighted by molar-refractivity contribution is 0.0187. The number of benzene rings is 1. The monoisotopic (exact) mass is 380 g/mol. The predicted molar refractivity (Wildman–Crippen MR) is 95.2 cm³/mol. The molecule has 0 bridgehead atoms. The number of nitrogens with one attached hydrogen (secondary N) is 3. The number of ether oxygens (including phenoxy) is 2. The number of aromatic amines is 1. The van der Waals surface area contributed by atoms with Crippen LogP contribution >= 0.6 is 11.6 Å². The number of β-amino-alcohol motifs (C(OH)–C–C–N with tert-alkyl or cyclic N) is 1. The molecular formula is C17H21ClN4O4. The highest BCUT2D eigenvalue weighted by Gasteiger charge is 2.37. The van der Waals surface area contributed by atoms with Crippen molar-refractivity contribution in [2.24, 2.45) is 0 Å². The fraction of sp³-hybridized carbons (Fsp3) is 0.412. The van der Waals surface area contributed by atoms with Gasteiger partial charge in [0, 0.05) is 6.54 Å². The molecule has 26 heavy (non-hydrogen) atoms.